The number of aliphatic hydroxyl groups excluding tert-OH is 1. The van der Waals surface area contributed by atoms with Crippen LogP contribution in [0.25, 0.3) is 21.9 Å². The number of benzene rings is 2. The molecule has 0 saturated carbocycles. The summed E-state index contributed by atoms with van der Waals surface area (Å²) in [5.74, 6) is 0.922. The van der Waals surface area contributed by atoms with E-state index in [9.17, 15) is 9.90 Å². The number of hydrogen-bond donors (Lipinski definition) is 2. The number of nitrogens with zero attached hydrogens (tertiary/aromatic N) is 2. The first-order valence-corrected chi connectivity index (χ1v) is 11.8. The van der Waals surface area contributed by atoms with Gasteiger partial charge in [0, 0.05) is 49.6 Å². The SMILES string of the molecule is Cc1ccncc1-c1cc(OCC(O)CN2CCC3(CCC(=O)N3)CC2)cc2ccccc12. The first-order chi connectivity index (χ1) is 16.0. The number of aliphatic hydroxyl groups is 1. The summed E-state index contributed by atoms with van der Waals surface area (Å²) in [5, 5.41) is 16.1. The summed E-state index contributed by atoms with van der Waals surface area (Å²) in [4.78, 5) is 18.2. The van der Waals surface area contributed by atoms with Crippen LogP contribution >= 0.6 is 0 Å². The van der Waals surface area contributed by atoms with Gasteiger partial charge in [-0.05, 0) is 66.3 Å². The Morgan fingerprint density at radius 1 is 1.15 bits per heavy atom. The number of carbonyl (C=O) groups is 1. The van der Waals surface area contributed by atoms with E-state index in [2.05, 4.69) is 34.3 Å². The fraction of sp³-hybridized carbons (Fsp3) is 0.407. The zero-order valence-electron chi connectivity index (χ0n) is 19.1. The summed E-state index contributed by atoms with van der Waals surface area (Å²) < 4.78 is 6.07. The summed E-state index contributed by atoms with van der Waals surface area (Å²) in [7, 11) is 0. The van der Waals surface area contributed by atoms with Crippen LogP contribution in [0.1, 0.15) is 31.2 Å². The molecule has 1 amide bonds. The van der Waals surface area contributed by atoms with Gasteiger partial charge in [-0.2, -0.15) is 0 Å². The normalized spacial score (nSPS) is 19.0. The zero-order chi connectivity index (χ0) is 22.8. The van der Waals surface area contributed by atoms with Crippen molar-refractivity contribution in [1.82, 2.24) is 15.2 Å². The first-order valence-electron chi connectivity index (χ1n) is 11.8. The molecule has 1 aromatic heterocycles. The zero-order valence-corrected chi connectivity index (χ0v) is 19.1. The van der Waals surface area contributed by atoms with E-state index in [0.29, 0.717) is 13.0 Å². The van der Waals surface area contributed by atoms with Crippen molar-refractivity contribution >= 4 is 16.7 Å². The molecule has 2 aliphatic heterocycles. The Balaban J connectivity index is 1.24. The first kappa shape index (κ1) is 21.9. The molecule has 3 heterocycles. The standard InChI is InChI=1S/C27H31N3O3/c1-19-7-11-28-16-25(19)24-15-22(14-20-4-2-3-5-23(20)24)33-18-21(31)17-30-12-9-27(10-13-30)8-6-26(32)29-27/h2-5,7,11,14-16,21,31H,6,8-10,12-13,17-18H2,1H3,(H,29,32). The molecule has 6 nitrogen and oxygen atoms in total. The number of pyridine rings is 1. The van der Waals surface area contributed by atoms with Crippen molar-refractivity contribution < 1.29 is 14.6 Å². The van der Waals surface area contributed by atoms with E-state index in [4.69, 9.17) is 4.74 Å². The maximum absolute atomic E-state index is 11.6. The van der Waals surface area contributed by atoms with Crippen LogP contribution in [0.2, 0.25) is 0 Å². The third kappa shape index (κ3) is 4.72. The Bertz CT molecular complexity index is 1150. The number of hydrogen-bond acceptors (Lipinski definition) is 5. The minimum absolute atomic E-state index is 0.0129. The number of amides is 1. The van der Waals surface area contributed by atoms with Gasteiger partial charge in [-0.1, -0.05) is 24.3 Å². The molecule has 6 heteroatoms. The quantitative estimate of drug-likeness (QED) is 0.605. The number of aromatic nitrogens is 1. The molecule has 0 bridgehead atoms. The highest BCUT2D eigenvalue weighted by Gasteiger charge is 2.40. The second-order valence-electron chi connectivity index (χ2n) is 9.48. The molecule has 172 valence electrons. The average Bonchev–Trinajstić information content (AvgIpc) is 3.19. The van der Waals surface area contributed by atoms with Gasteiger partial charge in [0.15, 0.2) is 0 Å². The third-order valence-corrected chi connectivity index (χ3v) is 7.12. The van der Waals surface area contributed by atoms with E-state index >= 15 is 0 Å². The molecule has 33 heavy (non-hydrogen) atoms. The van der Waals surface area contributed by atoms with Gasteiger partial charge in [0.05, 0.1) is 0 Å². The number of ether oxygens (including phenoxy) is 1. The largest absolute Gasteiger partial charge is 0.491 e. The Labute approximate surface area is 194 Å². The monoisotopic (exact) mass is 445 g/mol. The maximum Gasteiger partial charge on any atom is 0.220 e. The van der Waals surface area contributed by atoms with Crippen LogP contribution < -0.4 is 10.1 Å². The minimum atomic E-state index is -0.577. The van der Waals surface area contributed by atoms with Crippen LogP contribution in [0, 0.1) is 6.92 Å². The van der Waals surface area contributed by atoms with Crippen molar-refractivity contribution in [3.8, 4) is 16.9 Å². The molecule has 2 aromatic carbocycles. The number of piperidine rings is 1. The number of carbonyl (C=O) groups excluding carboxylic acids is 1. The highest BCUT2D eigenvalue weighted by molar-refractivity contribution is 5.98. The fourth-order valence-corrected chi connectivity index (χ4v) is 5.19. The lowest BCUT2D eigenvalue weighted by Crippen LogP contribution is -2.52. The molecular weight excluding hydrogens is 414 g/mol. The van der Waals surface area contributed by atoms with Crippen LogP contribution in [-0.4, -0.2) is 58.8 Å². The second-order valence-corrected chi connectivity index (χ2v) is 9.48. The molecule has 2 saturated heterocycles. The van der Waals surface area contributed by atoms with Gasteiger partial charge >= 0.3 is 0 Å². The maximum atomic E-state index is 11.6. The Kier molecular flexibility index (Phi) is 6.04. The Morgan fingerprint density at radius 3 is 2.73 bits per heavy atom. The summed E-state index contributed by atoms with van der Waals surface area (Å²) in [6.45, 7) is 4.67. The van der Waals surface area contributed by atoms with Crippen LogP contribution in [0.15, 0.2) is 54.9 Å². The molecule has 2 N–H and O–H groups in total. The highest BCUT2D eigenvalue weighted by atomic mass is 16.5. The van der Waals surface area contributed by atoms with Crippen molar-refractivity contribution in [1.29, 1.82) is 0 Å². The second kappa shape index (κ2) is 9.12. The summed E-state index contributed by atoms with van der Waals surface area (Å²) in [5.41, 5.74) is 3.32. The molecule has 2 fully saturated rings. The Hall–Kier alpha value is -2.96. The van der Waals surface area contributed by atoms with Gasteiger partial charge in [-0.25, -0.2) is 0 Å². The summed E-state index contributed by atoms with van der Waals surface area (Å²) >= 11 is 0. The molecule has 1 unspecified atom stereocenters. The molecule has 2 aliphatic rings. The van der Waals surface area contributed by atoms with E-state index < -0.39 is 6.10 Å². The predicted octanol–water partition coefficient (Wildman–Crippen LogP) is 3.69. The van der Waals surface area contributed by atoms with Crippen molar-refractivity contribution in [2.45, 2.75) is 44.2 Å². The molecule has 3 aromatic rings. The number of fused-ring (bicyclic) bond motifs is 1. The molecule has 1 atom stereocenters. The molecule has 0 aliphatic carbocycles. The average molecular weight is 446 g/mol. The van der Waals surface area contributed by atoms with E-state index in [0.717, 1.165) is 65.6 Å². The number of β-amino-alcohol motifs (C(OH)–C–C–N with tert-alkyl or cyclic N) is 1. The Morgan fingerprint density at radius 2 is 1.97 bits per heavy atom. The van der Waals surface area contributed by atoms with Crippen molar-refractivity contribution in [3.05, 3.63) is 60.4 Å². The summed E-state index contributed by atoms with van der Waals surface area (Å²) in [6.07, 6.45) is 6.60. The van der Waals surface area contributed by atoms with Gasteiger partial charge in [0.2, 0.25) is 5.91 Å². The van der Waals surface area contributed by atoms with Crippen LogP contribution in [0.3, 0.4) is 0 Å². The lowest BCUT2D eigenvalue weighted by atomic mass is 9.86. The molecular formula is C27H31N3O3. The highest BCUT2D eigenvalue weighted by Crippen LogP contribution is 2.35. The van der Waals surface area contributed by atoms with Gasteiger partial charge < -0.3 is 20.1 Å². The van der Waals surface area contributed by atoms with Gasteiger partial charge in [0.1, 0.15) is 18.5 Å². The molecule has 5 rings (SSSR count). The van der Waals surface area contributed by atoms with Gasteiger partial charge in [0.25, 0.3) is 0 Å². The van der Waals surface area contributed by atoms with Crippen LogP contribution in [0.5, 0.6) is 5.75 Å². The number of nitrogens with one attached hydrogen (secondary N) is 1. The van der Waals surface area contributed by atoms with E-state index in [1.807, 2.05) is 36.5 Å². The lowest BCUT2D eigenvalue weighted by Gasteiger charge is -2.39. The number of aryl methyl sites for hydroxylation is 1. The molecule has 0 radical (unpaired) electrons. The van der Waals surface area contributed by atoms with E-state index in [-0.39, 0.29) is 18.1 Å². The smallest absolute Gasteiger partial charge is 0.220 e. The minimum Gasteiger partial charge on any atom is -0.491 e. The van der Waals surface area contributed by atoms with Crippen LogP contribution in [-0.2, 0) is 4.79 Å². The van der Waals surface area contributed by atoms with Crippen LogP contribution in [0.4, 0.5) is 0 Å². The summed E-state index contributed by atoms with van der Waals surface area (Å²) in [6, 6.07) is 14.4. The molecule has 1 spiro atoms. The number of rotatable bonds is 6. The van der Waals surface area contributed by atoms with Crippen molar-refractivity contribution in [2.75, 3.05) is 26.2 Å². The third-order valence-electron chi connectivity index (χ3n) is 7.12. The lowest BCUT2D eigenvalue weighted by molar-refractivity contribution is -0.120. The van der Waals surface area contributed by atoms with Crippen molar-refractivity contribution in [2.24, 2.45) is 0 Å². The number of likely N-dealkylation sites (tertiary alicyclic amines) is 1. The van der Waals surface area contributed by atoms with E-state index in [1.54, 1.807) is 6.20 Å². The van der Waals surface area contributed by atoms with Gasteiger partial charge in [-0.15, -0.1) is 0 Å². The topological polar surface area (TPSA) is 74.7 Å². The van der Waals surface area contributed by atoms with Crippen molar-refractivity contribution in [3.63, 3.8) is 0 Å². The fourth-order valence-electron chi connectivity index (χ4n) is 5.19. The van der Waals surface area contributed by atoms with Gasteiger partial charge in [-0.3, -0.25) is 9.78 Å². The predicted molar refractivity (Wildman–Crippen MR) is 129 cm³/mol. The van der Waals surface area contributed by atoms with E-state index in [1.165, 1.54) is 0 Å².